The average Bonchev–Trinajstić information content (AvgIpc) is 2.39. The van der Waals surface area contributed by atoms with Crippen LogP contribution in [0.5, 0.6) is 0 Å². The molecule has 0 amide bonds. The van der Waals surface area contributed by atoms with Gasteiger partial charge in [0.05, 0.1) is 17.3 Å². The maximum absolute atomic E-state index is 9.10. The Kier molecular flexibility index (Phi) is 4.42. The van der Waals surface area contributed by atoms with Gasteiger partial charge in [0.1, 0.15) is 12.1 Å². The van der Waals surface area contributed by atoms with E-state index in [9.17, 15) is 0 Å². The number of hydrazone groups is 1. The largest absolute Gasteiger partial charge is 0.490 e. The fourth-order valence-corrected chi connectivity index (χ4v) is 1.14. The van der Waals surface area contributed by atoms with Gasteiger partial charge in [-0.05, 0) is 12.1 Å². The molecule has 0 aromatic heterocycles. The molecule has 0 aliphatic carbocycles. The zero-order chi connectivity index (χ0) is 13.5. The molecule has 7 nitrogen and oxygen atoms in total. The molecule has 0 aliphatic rings. The number of anilines is 1. The number of benzene rings is 1. The van der Waals surface area contributed by atoms with Crippen LogP contribution in [0.25, 0.3) is 0 Å². The van der Waals surface area contributed by atoms with Crippen LogP contribution in [0.1, 0.15) is 5.56 Å². The quantitative estimate of drug-likeness (QED) is 0.353. The second-order valence-electron chi connectivity index (χ2n) is 3.08. The van der Waals surface area contributed by atoms with Crippen LogP contribution in [0, 0.1) is 34.0 Å². The molecule has 0 radical (unpaired) electrons. The van der Waals surface area contributed by atoms with E-state index < -0.39 is 12.8 Å². The highest BCUT2D eigenvalue weighted by Crippen LogP contribution is 2.08. The minimum absolute atomic E-state index is 0.0768. The van der Waals surface area contributed by atoms with Crippen LogP contribution >= 0.6 is 0 Å². The van der Waals surface area contributed by atoms with Crippen molar-refractivity contribution in [1.29, 1.82) is 15.8 Å². The van der Waals surface area contributed by atoms with Gasteiger partial charge in [0.25, 0.3) is 0 Å². The Morgan fingerprint density at radius 1 is 1.22 bits per heavy atom. The van der Waals surface area contributed by atoms with Crippen LogP contribution in [0.4, 0.5) is 5.69 Å². The number of nitriles is 3. The van der Waals surface area contributed by atoms with E-state index in [4.69, 9.17) is 25.8 Å². The van der Waals surface area contributed by atoms with Gasteiger partial charge in [-0.3, -0.25) is 5.43 Å². The standard InChI is InChI=1S/C10H6BN5O2/c12-4-7-1-2-9(11(17)18)10(3-7)16-15-8(5-13)6-14/h1-3,16-18H. The summed E-state index contributed by atoms with van der Waals surface area (Å²) in [5.41, 5.74) is 2.40. The Morgan fingerprint density at radius 2 is 1.89 bits per heavy atom. The third kappa shape index (κ3) is 3.07. The summed E-state index contributed by atoms with van der Waals surface area (Å²) in [7, 11) is -1.76. The molecule has 0 saturated carbocycles. The van der Waals surface area contributed by atoms with Gasteiger partial charge in [0.2, 0.25) is 5.71 Å². The molecule has 3 N–H and O–H groups in total. The van der Waals surface area contributed by atoms with Crippen molar-refractivity contribution >= 4 is 24.0 Å². The van der Waals surface area contributed by atoms with Crippen molar-refractivity contribution in [3.05, 3.63) is 23.8 Å². The molecule has 0 aliphatic heterocycles. The Morgan fingerprint density at radius 3 is 2.39 bits per heavy atom. The highest BCUT2D eigenvalue weighted by molar-refractivity contribution is 6.60. The van der Waals surface area contributed by atoms with Crippen molar-refractivity contribution < 1.29 is 10.0 Å². The summed E-state index contributed by atoms with van der Waals surface area (Å²) in [6, 6.07) is 9.00. The first kappa shape index (κ1) is 13.2. The third-order valence-electron chi connectivity index (χ3n) is 1.96. The highest BCUT2D eigenvalue weighted by Gasteiger charge is 2.16. The first-order valence-corrected chi connectivity index (χ1v) is 4.66. The average molecular weight is 239 g/mol. The van der Waals surface area contributed by atoms with E-state index in [1.165, 1.54) is 30.3 Å². The molecule has 0 fully saturated rings. The molecule has 0 heterocycles. The molecule has 0 bridgehead atoms. The van der Waals surface area contributed by atoms with Crippen molar-refractivity contribution in [3.63, 3.8) is 0 Å². The van der Waals surface area contributed by atoms with Crippen LogP contribution in [-0.2, 0) is 0 Å². The second-order valence-corrected chi connectivity index (χ2v) is 3.08. The van der Waals surface area contributed by atoms with E-state index in [1.54, 1.807) is 0 Å². The fraction of sp³-hybridized carbons (Fsp3) is 0. The van der Waals surface area contributed by atoms with Crippen molar-refractivity contribution in [2.45, 2.75) is 0 Å². The van der Waals surface area contributed by atoms with Gasteiger partial charge in [-0.1, -0.05) is 6.07 Å². The summed E-state index contributed by atoms with van der Waals surface area (Å²) < 4.78 is 0. The Hall–Kier alpha value is -2.86. The molecule has 1 aromatic rings. The monoisotopic (exact) mass is 239 g/mol. The van der Waals surface area contributed by atoms with Gasteiger partial charge in [-0.15, -0.1) is 0 Å². The molecular weight excluding hydrogens is 233 g/mol. The van der Waals surface area contributed by atoms with E-state index in [0.29, 0.717) is 0 Å². The molecule has 18 heavy (non-hydrogen) atoms. The minimum Gasteiger partial charge on any atom is -0.423 e. The van der Waals surface area contributed by atoms with Crippen molar-refractivity contribution in [2.75, 3.05) is 5.43 Å². The van der Waals surface area contributed by atoms with Crippen LogP contribution < -0.4 is 10.9 Å². The molecule has 1 aromatic carbocycles. The minimum atomic E-state index is -1.76. The lowest BCUT2D eigenvalue weighted by Crippen LogP contribution is -2.32. The van der Waals surface area contributed by atoms with Crippen molar-refractivity contribution in [1.82, 2.24) is 0 Å². The molecule has 86 valence electrons. The lowest BCUT2D eigenvalue weighted by Gasteiger charge is -2.07. The molecule has 0 saturated heterocycles. The topological polar surface area (TPSA) is 136 Å². The zero-order valence-corrected chi connectivity index (χ0v) is 8.99. The summed E-state index contributed by atoms with van der Waals surface area (Å²) in [4.78, 5) is 0. The zero-order valence-electron chi connectivity index (χ0n) is 8.99. The smallest absolute Gasteiger partial charge is 0.423 e. The van der Waals surface area contributed by atoms with E-state index >= 15 is 0 Å². The summed E-state index contributed by atoms with van der Waals surface area (Å²) in [6.45, 7) is 0. The predicted molar refractivity (Wildman–Crippen MR) is 63.3 cm³/mol. The SMILES string of the molecule is N#CC(C#N)=NNc1cc(C#N)ccc1B(O)O. The van der Waals surface area contributed by atoms with Crippen LogP contribution in [0.15, 0.2) is 23.3 Å². The summed E-state index contributed by atoms with van der Waals surface area (Å²) in [5.74, 6) is 0. The molecule has 1 rings (SSSR count). The Labute approximate surface area is 103 Å². The predicted octanol–water partition coefficient (Wildman–Crippen LogP) is -0.947. The van der Waals surface area contributed by atoms with E-state index in [0.717, 1.165) is 0 Å². The lowest BCUT2D eigenvalue weighted by atomic mass is 9.78. The molecule has 8 heteroatoms. The normalized spacial score (nSPS) is 8.39. The van der Waals surface area contributed by atoms with Crippen LogP contribution in [-0.4, -0.2) is 22.9 Å². The Balaban J connectivity index is 3.15. The van der Waals surface area contributed by atoms with Gasteiger partial charge in [0, 0.05) is 5.46 Å². The third-order valence-corrected chi connectivity index (χ3v) is 1.96. The van der Waals surface area contributed by atoms with E-state index in [-0.39, 0.29) is 16.7 Å². The first-order valence-electron chi connectivity index (χ1n) is 4.66. The van der Waals surface area contributed by atoms with Gasteiger partial charge in [-0.2, -0.15) is 20.9 Å². The number of rotatable bonds is 3. The number of hydrogen-bond acceptors (Lipinski definition) is 7. The summed E-state index contributed by atoms with van der Waals surface area (Å²) in [6.07, 6.45) is 0. The number of nitrogens with zero attached hydrogens (tertiary/aromatic N) is 4. The molecule has 0 spiro atoms. The first-order chi connectivity index (χ1) is 8.62. The van der Waals surface area contributed by atoms with Gasteiger partial charge >= 0.3 is 7.12 Å². The maximum atomic E-state index is 9.10. The number of hydrogen-bond donors (Lipinski definition) is 3. The van der Waals surface area contributed by atoms with Gasteiger partial charge in [0.15, 0.2) is 0 Å². The summed E-state index contributed by atoms with van der Waals surface area (Å²) in [5, 5.41) is 47.4. The molecule has 0 unspecified atom stereocenters. The van der Waals surface area contributed by atoms with Gasteiger partial charge in [-0.25, -0.2) is 0 Å². The molecular formula is C10H6BN5O2. The van der Waals surface area contributed by atoms with Crippen LogP contribution in [0.3, 0.4) is 0 Å². The van der Waals surface area contributed by atoms with Crippen molar-refractivity contribution in [3.8, 4) is 18.2 Å². The number of nitrogens with one attached hydrogen (secondary N) is 1. The highest BCUT2D eigenvalue weighted by atomic mass is 16.4. The molecule has 0 atom stereocenters. The fourth-order valence-electron chi connectivity index (χ4n) is 1.14. The van der Waals surface area contributed by atoms with E-state index in [2.05, 4.69) is 10.5 Å². The van der Waals surface area contributed by atoms with Crippen molar-refractivity contribution in [2.24, 2.45) is 5.10 Å². The van der Waals surface area contributed by atoms with Gasteiger partial charge < -0.3 is 10.0 Å². The second kappa shape index (κ2) is 6.02. The van der Waals surface area contributed by atoms with E-state index in [1.807, 2.05) is 6.07 Å². The maximum Gasteiger partial charge on any atom is 0.490 e. The lowest BCUT2D eigenvalue weighted by molar-refractivity contribution is 0.426. The van der Waals surface area contributed by atoms with Crippen LogP contribution in [0.2, 0.25) is 0 Å². The summed E-state index contributed by atoms with van der Waals surface area (Å²) >= 11 is 0. The Bertz CT molecular complexity index is 590.